The van der Waals surface area contributed by atoms with Crippen LogP contribution in [0.3, 0.4) is 0 Å². The number of hydrogen-bond acceptors (Lipinski definition) is 7. The van der Waals surface area contributed by atoms with Crippen LogP contribution in [0.25, 0.3) is 0 Å². The van der Waals surface area contributed by atoms with Crippen LogP contribution in [0.4, 0.5) is 5.13 Å². The maximum atomic E-state index is 4.43. The van der Waals surface area contributed by atoms with Gasteiger partial charge in [0.2, 0.25) is 5.13 Å². The Labute approximate surface area is 131 Å². The van der Waals surface area contributed by atoms with E-state index >= 15 is 0 Å². The Balaban J connectivity index is 1.46. The number of thioether (sulfide) groups is 1. The smallest absolute Gasteiger partial charge is 0.205 e. The molecule has 0 spiro atoms. The fourth-order valence-corrected chi connectivity index (χ4v) is 4.15. The summed E-state index contributed by atoms with van der Waals surface area (Å²) < 4.78 is 2.38. The van der Waals surface area contributed by atoms with E-state index in [-0.39, 0.29) is 0 Å². The molecule has 1 N–H and O–H groups in total. The van der Waals surface area contributed by atoms with E-state index in [1.807, 2.05) is 0 Å². The molecule has 0 bridgehead atoms. The van der Waals surface area contributed by atoms with Crippen molar-refractivity contribution in [2.45, 2.75) is 55.5 Å². The van der Waals surface area contributed by atoms with E-state index in [9.17, 15) is 0 Å². The van der Waals surface area contributed by atoms with Gasteiger partial charge in [0.15, 0.2) is 5.16 Å². The molecule has 2 saturated carbocycles. The first-order valence-electron chi connectivity index (χ1n) is 7.49. The number of hydrogen-bond donors (Lipinski definition) is 1. The van der Waals surface area contributed by atoms with Crippen LogP contribution in [-0.4, -0.2) is 31.5 Å². The van der Waals surface area contributed by atoms with Gasteiger partial charge in [-0.15, -0.1) is 20.4 Å². The van der Waals surface area contributed by atoms with E-state index in [1.165, 1.54) is 31.5 Å². The molecule has 21 heavy (non-hydrogen) atoms. The van der Waals surface area contributed by atoms with Crippen LogP contribution in [-0.2, 0) is 5.75 Å². The summed E-state index contributed by atoms with van der Waals surface area (Å²) in [6.45, 7) is 2.94. The number of aromatic nitrogens is 5. The molecule has 2 fully saturated rings. The highest BCUT2D eigenvalue weighted by molar-refractivity contribution is 7.98. The van der Waals surface area contributed by atoms with Gasteiger partial charge in [-0.25, -0.2) is 0 Å². The molecule has 2 aromatic rings. The molecule has 2 aliphatic rings. The number of nitrogens with zero attached hydrogens (tertiary/aromatic N) is 5. The van der Waals surface area contributed by atoms with Gasteiger partial charge in [-0.1, -0.05) is 23.1 Å². The Morgan fingerprint density at radius 2 is 2.05 bits per heavy atom. The summed E-state index contributed by atoms with van der Waals surface area (Å²) in [6.07, 6.45) is 5.10. The van der Waals surface area contributed by atoms with Gasteiger partial charge in [0, 0.05) is 18.5 Å². The molecular weight excluding hydrogens is 304 g/mol. The summed E-state index contributed by atoms with van der Waals surface area (Å²) in [6, 6.07) is 0.643. The lowest BCUT2D eigenvalue weighted by atomic mass is 10.4. The maximum Gasteiger partial charge on any atom is 0.205 e. The monoisotopic (exact) mass is 322 g/mol. The molecule has 2 aliphatic carbocycles. The zero-order valence-electron chi connectivity index (χ0n) is 11.9. The first-order valence-corrected chi connectivity index (χ1v) is 9.29. The van der Waals surface area contributed by atoms with Gasteiger partial charge >= 0.3 is 0 Å². The minimum absolute atomic E-state index is 0.643. The average Bonchev–Trinajstić information content (AvgIpc) is 3.41. The van der Waals surface area contributed by atoms with Crippen molar-refractivity contribution in [3.05, 3.63) is 10.8 Å². The molecule has 2 heterocycles. The zero-order chi connectivity index (χ0) is 14.2. The summed E-state index contributed by atoms with van der Waals surface area (Å²) >= 11 is 3.36. The van der Waals surface area contributed by atoms with Gasteiger partial charge in [0.1, 0.15) is 10.8 Å². The quantitative estimate of drug-likeness (QED) is 0.790. The van der Waals surface area contributed by atoms with Crippen LogP contribution >= 0.6 is 23.1 Å². The van der Waals surface area contributed by atoms with Gasteiger partial charge in [-0.3, -0.25) is 0 Å². The lowest BCUT2D eigenvalue weighted by Crippen LogP contribution is -2.01. The van der Waals surface area contributed by atoms with Crippen molar-refractivity contribution in [1.29, 1.82) is 0 Å². The number of anilines is 1. The van der Waals surface area contributed by atoms with Crippen LogP contribution in [0.5, 0.6) is 0 Å². The predicted octanol–water partition coefficient (Wildman–Crippen LogP) is 3.07. The second-order valence-corrected chi connectivity index (χ2v) is 7.54. The topological polar surface area (TPSA) is 68.5 Å². The van der Waals surface area contributed by atoms with Gasteiger partial charge in [-0.2, -0.15) is 0 Å². The molecule has 112 valence electrons. The van der Waals surface area contributed by atoms with E-state index in [1.54, 1.807) is 23.1 Å². The highest BCUT2D eigenvalue weighted by atomic mass is 32.2. The Morgan fingerprint density at radius 3 is 2.76 bits per heavy atom. The van der Waals surface area contributed by atoms with Crippen molar-refractivity contribution in [2.24, 2.45) is 0 Å². The fraction of sp³-hybridized carbons (Fsp3) is 0.692. The first-order chi connectivity index (χ1) is 10.3. The minimum Gasteiger partial charge on any atom is -0.360 e. The van der Waals surface area contributed by atoms with Crippen molar-refractivity contribution < 1.29 is 0 Å². The third-order valence-electron chi connectivity index (χ3n) is 3.67. The van der Waals surface area contributed by atoms with Crippen molar-refractivity contribution >= 4 is 28.2 Å². The second-order valence-electron chi connectivity index (χ2n) is 5.54. The lowest BCUT2D eigenvalue weighted by Gasteiger charge is -2.06. The Morgan fingerprint density at radius 1 is 1.19 bits per heavy atom. The standard InChI is InChI=1S/C13H18N6S2/c1-2-14-12-17-15-10(21-12)7-20-13-18-16-11(8-3-4-8)19(13)9-5-6-9/h8-9H,2-7H2,1H3,(H,14,17). The Bertz CT molecular complexity index is 628. The Hall–Kier alpha value is -1.15. The number of rotatable bonds is 7. The molecular formula is C13H18N6S2. The van der Waals surface area contributed by atoms with E-state index < -0.39 is 0 Å². The highest BCUT2D eigenvalue weighted by Crippen LogP contribution is 2.46. The molecule has 0 amide bonds. The van der Waals surface area contributed by atoms with Gasteiger partial charge in [0.05, 0.1) is 5.75 Å². The van der Waals surface area contributed by atoms with Crippen molar-refractivity contribution in [3.63, 3.8) is 0 Å². The molecule has 0 radical (unpaired) electrons. The average molecular weight is 322 g/mol. The summed E-state index contributed by atoms with van der Waals surface area (Å²) in [5.74, 6) is 2.69. The SMILES string of the molecule is CCNc1nnc(CSc2nnc(C3CC3)n2C2CC2)s1. The summed E-state index contributed by atoms with van der Waals surface area (Å²) in [5.41, 5.74) is 0. The molecule has 2 aromatic heterocycles. The van der Waals surface area contributed by atoms with Crippen molar-refractivity contribution in [2.75, 3.05) is 11.9 Å². The van der Waals surface area contributed by atoms with Crippen LogP contribution in [0.15, 0.2) is 5.16 Å². The highest BCUT2D eigenvalue weighted by Gasteiger charge is 2.36. The summed E-state index contributed by atoms with van der Waals surface area (Å²) in [5, 5.41) is 23.4. The zero-order valence-corrected chi connectivity index (χ0v) is 13.6. The molecule has 0 atom stereocenters. The van der Waals surface area contributed by atoms with Crippen LogP contribution in [0.2, 0.25) is 0 Å². The van der Waals surface area contributed by atoms with Crippen LogP contribution in [0, 0.1) is 0 Å². The third kappa shape index (κ3) is 2.91. The van der Waals surface area contributed by atoms with Crippen molar-refractivity contribution in [1.82, 2.24) is 25.0 Å². The predicted molar refractivity (Wildman–Crippen MR) is 83.9 cm³/mol. The summed E-state index contributed by atoms with van der Waals surface area (Å²) in [4.78, 5) is 0. The molecule has 6 nitrogen and oxygen atoms in total. The van der Waals surface area contributed by atoms with E-state index in [2.05, 4.69) is 37.2 Å². The molecule has 4 rings (SSSR count). The van der Waals surface area contributed by atoms with Crippen LogP contribution < -0.4 is 5.32 Å². The van der Waals surface area contributed by atoms with Crippen molar-refractivity contribution in [3.8, 4) is 0 Å². The molecule has 0 saturated heterocycles. The molecule has 0 aromatic carbocycles. The second kappa shape index (κ2) is 5.57. The molecule has 0 aliphatic heterocycles. The van der Waals surface area contributed by atoms with Gasteiger partial charge in [-0.05, 0) is 32.6 Å². The largest absolute Gasteiger partial charge is 0.360 e. The first kappa shape index (κ1) is 13.5. The van der Waals surface area contributed by atoms with Gasteiger partial charge in [0.25, 0.3) is 0 Å². The number of nitrogens with one attached hydrogen (secondary N) is 1. The van der Waals surface area contributed by atoms with E-state index in [0.29, 0.717) is 12.0 Å². The third-order valence-corrected chi connectivity index (χ3v) is 5.68. The van der Waals surface area contributed by atoms with Gasteiger partial charge < -0.3 is 9.88 Å². The normalized spacial score (nSPS) is 18.1. The molecule has 8 heteroatoms. The summed E-state index contributed by atoms with van der Waals surface area (Å²) in [7, 11) is 0. The minimum atomic E-state index is 0.643. The van der Waals surface area contributed by atoms with E-state index in [4.69, 9.17) is 0 Å². The Kier molecular flexibility index (Phi) is 3.58. The van der Waals surface area contributed by atoms with E-state index in [0.717, 1.165) is 27.6 Å². The maximum absolute atomic E-state index is 4.43. The van der Waals surface area contributed by atoms with Crippen LogP contribution in [0.1, 0.15) is 55.4 Å². The molecule has 0 unspecified atom stereocenters. The fourth-order valence-electron chi connectivity index (χ4n) is 2.34. The lowest BCUT2D eigenvalue weighted by molar-refractivity contribution is 0.627.